The summed E-state index contributed by atoms with van der Waals surface area (Å²) in [5.74, 6) is 0.911. The van der Waals surface area contributed by atoms with Crippen LogP contribution in [0.2, 0.25) is 0 Å². The van der Waals surface area contributed by atoms with Crippen molar-refractivity contribution in [2.75, 3.05) is 11.1 Å². The Morgan fingerprint density at radius 1 is 1.50 bits per heavy atom. The summed E-state index contributed by atoms with van der Waals surface area (Å²) in [5.41, 5.74) is 1.08. The zero-order valence-electron chi connectivity index (χ0n) is 10.6. The zero-order chi connectivity index (χ0) is 13.2. The quantitative estimate of drug-likeness (QED) is 0.888. The van der Waals surface area contributed by atoms with Gasteiger partial charge in [0.2, 0.25) is 5.91 Å². The fraction of sp³-hybridized carbons (Fsp3) is 0.429. The van der Waals surface area contributed by atoms with Gasteiger partial charge in [0.25, 0.3) is 0 Å². The number of anilines is 1. The van der Waals surface area contributed by atoms with Crippen molar-refractivity contribution in [3.8, 4) is 6.07 Å². The molecular weight excluding hydrogens is 244 g/mol. The van der Waals surface area contributed by atoms with Crippen molar-refractivity contribution in [1.82, 2.24) is 0 Å². The molecule has 1 aliphatic rings. The minimum atomic E-state index is -0.995. The highest BCUT2D eigenvalue weighted by Crippen LogP contribution is 2.32. The smallest absolute Gasteiger partial charge is 0.244 e. The van der Waals surface area contributed by atoms with Crippen molar-refractivity contribution in [1.29, 1.82) is 5.26 Å². The number of fused-ring (bicyclic) bond motifs is 1. The van der Waals surface area contributed by atoms with E-state index in [-0.39, 0.29) is 5.91 Å². The number of amides is 1. The van der Waals surface area contributed by atoms with Crippen LogP contribution in [0.25, 0.3) is 0 Å². The lowest BCUT2D eigenvalue weighted by Crippen LogP contribution is -2.29. The molecule has 0 aliphatic carbocycles. The normalized spacial score (nSPS) is 14.5. The van der Waals surface area contributed by atoms with E-state index in [1.54, 1.807) is 13.8 Å². The minimum absolute atomic E-state index is 0.256. The summed E-state index contributed by atoms with van der Waals surface area (Å²) in [6.45, 7) is 3.24. The van der Waals surface area contributed by atoms with Gasteiger partial charge in [-0.3, -0.25) is 4.79 Å². The van der Waals surface area contributed by atoms with Crippen LogP contribution in [0, 0.1) is 16.7 Å². The number of thioether (sulfide) groups is 1. The summed E-state index contributed by atoms with van der Waals surface area (Å²) in [4.78, 5) is 13.2. The number of hydrogen-bond donors (Lipinski definition) is 1. The second-order valence-corrected chi connectivity index (χ2v) is 6.10. The average molecular weight is 260 g/mol. The maximum Gasteiger partial charge on any atom is 0.244 e. The van der Waals surface area contributed by atoms with E-state index in [0.717, 1.165) is 12.1 Å². The molecule has 0 saturated carbocycles. The highest BCUT2D eigenvalue weighted by molar-refractivity contribution is 7.99. The van der Waals surface area contributed by atoms with Gasteiger partial charge in [0.05, 0.1) is 6.07 Å². The van der Waals surface area contributed by atoms with E-state index in [9.17, 15) is 4.79 Å². The second kappa shape index (κ2) is 5.03. The predicted molar refractivity (Wildman–Crippen MR) is 73.5 cm³/mol. The van der Waals surface area contributed by atoms with Crippen molar-refractivity contribution in [3.05, 3.63) is 23.8 Å². The average Bonchev–Trinajstić information content (AvgIpc) is 2.38. The first-order valence-corrected chi connectivity index (χ1v) is 7.00. The molecule has 0 unspecified atom stereocenters. The van der Waals surface area contributed by atoms with Gasteiger partial charge in [-0.25, -0.2) is 0 Å². The fourth-order valence-corrected chi connectivity index (χ4v) is 2.80. The number of benzene rings is 1. The molecule has 0 aromatic heterocycles. The monoisotopic (exact) mass is 260 g/mol. The number of nitrogens with one attached hydrogen (secondary N) is 1. The lowest BCUT2D eigenvalue weighted by atomic mass is 9.94. The van der Waals surface area contributed by atoms with E-state index in [4.69, 9.17) is 5.26 Å². The Morgan fingerprint density at radius 2 is 2.28 bits per heavy atom. The van der Waals surface area contributed by atoms with Crippen LogP contribution in [-0.4, -0.2) is 11.7 Å². The van der Waals surface area contributed by atoms with Gasteiger partial charge in [0.1, 0.15) is 5.41 Å². The molecule has 0 radical (unpaired) electrons. The van der Waals surface area contributed by atoms with Crippen LogP contribution in [0.5, 0.6) is 0 Å². The number of nitriles is 1. The third-order valence-electron chi connectivity index (χ3n) is 3.01. The summed E-state index contributed by atoms with van der Waals surface area (Å²) >= 11 is 1.86. The van der Waals surface area contributed by atoms with Crippen molar-refractivity contribution >= 4 is 23.4 Å². The molecule has 2 rings (SSSR count). The molecule has 1 amide bonds. The highest BCUT2D eigenvalue weighted by atomic mass is 32.2. The standard InChI is InChI=1S/C14H16N2OS/c1-14(2,9-15)13(17)16-11-5-6-12-10(8-11)4-3-7-18-12/h5-6,8H,3-4,7H2,1-2H3,(H,16,17). The van der Waals surface area contributed by atoms with E-state index in [1.807, 2.05) is 36.0 Å². The van der Waals surface area contributed by atoms with Crippen LogP contribution < -0.4 is 5.32 Å². The second-order valence-electron chi connectivity index (χ2n) is 4.97. The van der Waals surface area contributed by atoms with Crippen molar-refractivity contribution in [2.24, 2.45) is 5.41 Å². The van der Waals surface area contributed by atoms with Crippen molar-refractivity contribution in [3.63, 3.8) is 0 Å². The molecule has 1 aliphatic heterocycles. The molecule has 1 N–H and O–H groups in total. The number of rotatable bonds is 2. The van der Waals surface area contributed by atoms with Crippen LogP contribution in [0.1, 0.15) is 25.8 Å². The third-order valence-corrected chi connectivity index (χ3v) is 4.22. The predicted octanol–water partition coefficient (Wildman–Crippen LogP) is 3.21. The highest BCUT2D eigenvalue weighted by Gasteiger charge is 2.27. The topological polar surface area (TPSA) is 52.9 Å². The van der Waals surface area contributed by atoms with Gasteiger partial charge in [-0.05, 0) is 56.2 Å². The molecule has 94 valence electrons. The zero-order valence-corrected chi connectivity index (χ0v) is 11.4. The van der Waals surface area contributed by atoms with E-state index in [2.05, 4.69) is 5.32 Å². The molecule has 3 nitrogen and oxygen atoms in total. The number of nitrogens with zero attached hydrogens (tertiary/aromatic N) is 1. The van der Waals surface area contributed by atoms with Gasteiger partial charge in [0, 0.05) is 10.6 Å². The van der Waals surface area contributed by atoms with E-state index < -0.39 is 5.41 Å². The van der Waals surface area contributed by atoms with Crippen LogP contribution in [0.3, 0.4) is 0 Å². The van der Waals surface area contributed by atoms with Gasteiger partial charge in [-0.2, -0.15) is 5.26 Å². The maximum absolute atomic E-state index is 11.9. The first-order valence-electron chi connectivity index (χ1n) is 6.01. The Labute approximate surface area is 112 Å². The Hall–Kier alpha value is -1.47. The minimum Gasteiger partial charge on any atom is -0.325 e. The Morgan fingerprint density at radius 3 is 3.00 bits per heavy atom. The summed E-state index contributed by atoms with van der Waals surface area (Å²) in [7, 11) is 0. The Balaban J connectivity index is 2.16. The van der Waals surface area contributed by atoms with E-state index in [0.29, 0.717) is 0 Å². The van der Waals surface area contributed by atoms with Gasteiger partial charge in [-0.1, -0.05) is 0 Å². The maximum atomic E-state index is 11.9. The van der Waals surface area contributed by atoms with Gasteiger partial charge in [-0.15, -0.1) is 11.8 Å². The first kappa shape index (κ1) is 13.0. The van der Waals surface area contributed by atoms with E-state index in [1.165, 1.54) is 22.6 Å². The molecule has 0 atom stereocenters. The number of carbonyl (C=O) groups is 1. The molecule has 1 heterocycles. The van der Waals surface area contributed by atoms with Crippen molar-refractivity contribution < 1.29 is 4.79 Å². The summed E-state index contributed by atoms with van der Waals surface area (Å²) in [6.07, 6.45) is 2.24. The van der Waals surface area contributed by atoms with Crippen molar-refractivity contribution in [2.45, 2.75) is 31.6 Å². The molecule has 1 aromatic carbocycles. The number of carbonyl (C=O) groups excluding carboxylic acids is 1. The molecule has 0 fully saturated rings. The van der Waals surface area contributed by atoms with Gasteiger partial charge < -0.3 is 5.32 Å². The largest absolute Gasteiger partial charge is 0.325 e. The van der Waals surface area contributed by atoms with Gasteiger partial charge in [0.15, 0.2) is 0 Å². The van der Waals surface area contributed by atoms with E-state index >= 15 is 0 Å². The SMILES string of the molecule is CC(C)(C#N)C(=O)Nc1ccc2c(c1)CCCS2. The Bertz CT molecular complexity index is 517. The van der Waals surface area contributed by atoms with Crippen LogP contribution in [0.15, 0.2) is 23.1 Å². The molecule has 0 saturated heterocycles. The first-order chi connectivity index (χ1) is 8.53. The number of aryl methyl sites for hydroxylation is 1. The molecule has 4 heteroatoms. The fourth-order valence-electron chi connectivity index (χ4n) is 1.78. The lowest BCUT2D eigenvalue weighted by Gasteiger charge is -2.18. The van der Waals surface area contributed by atoms with Crippen LogP contribution in [-0.2, 0) is 11.2 Å². The summed E-state index contributed by atoms with van der Waals surface area (Å²) < 4.78 is 0. The summed E-state index contributed by atoms with van der Waals surface area (Å²) in [5, 5.41) is 11.7. The van der Waals surface area contributed by atoms with Crippen LogP contribution in [0.4, 0.5) is 5.69 Å². The third kappa shape index (κ3) is 2.68. The van der Waals surface area contributed by atoms with Crippen LogP contribution >= 0.6 is 11.8 Å². The summed E-state index contributed by atoms with van der Waals surface area (Å²) in [6, 6.07) is 7.98. The number of hydrogen-bond acceptors (Lipinski definition) is 3. The van der Waals surface area contributed by atoms with Gasteiger partial charge >= 0.3 is 0 Å². The molecule has 0 spiro atoms. The molecule has 18 heavy (non-hydrogen) atoms. The molecule has 0 bridgehead atoms. The lowest BCUT2D eigenvalue weighted by molar-refractivity contribution is -0.121. The Kier molecular flexibility index (Phi) is 3.63. The molecular formula is C14H16N2OS. The molecule has 1 aromatic rings.